The second-order valence-corrected chi connectivity index (χ2v) is 7.10. The molecule has 1 aromatic carbocycles. The van der Waals surface area contributed by atoms with Crippen molar-refractivity contribution < 1.29 is 22.8 Å². The molecule has 1 fully saturated rings. The Balaban J connectivity index is 1.98. The van der Waals surface area contributed by atoms with Gasteiger partial charge in [-0.1, -0.05) is 32.0 Å². The highest BCUT2D eigenvalue weighted by molar-refractivity contribution is 5.80. The third-order valence-electron chi connectivity index (χ3n) is 4.76. The van der Waals surface area contributed by atoms with E-state index < -0.39 is 11.7 Å². The van der Waals surface area contributed by atoms with Crippen LogP contribution in [0.4, 0.5) is 13.2 Å². The van der Waals surface area contributed by atoms with E-state index in [1.165, 1.54) is 24.1 Å². The van der Waals surface area contributed by atoms with E-state index in [0.29, 0.717) is 25.9 Å². The molecule has 0 bridgehead atoms. The first-order chi connectivity index (χ1) is 12.1. The molecule has 4 nitrogen and oxygen atoms in total. The Morgan fingerprint density at radius 3 is 2.31 bits per heavy atom. The largest absolute Gasteiger partial charge is 0.416 e. The first-order valence-electron chi connectivity index (χ1n) is 8.80. The number of rotatable bonds is 4. The molecule has 0 radical (unpaired) electrons. The molecular weight excluding hydrogens is 345 g/mol. The Kier molecular flexibility index (Phi) is 6.31. The van der Waals surface area contributed by atoms with Gasteiger partial charge in [-0.25, -0.2) is 0 Å². The second kappa shape index (κ2) is 8.10. The summed E-state index contributed by atoms with van der Waals surface area (Å²) in [4.78, 5) is 27.7. The van der Waals surface area contributed by atoms with Crippen molar-refractivity contribution in [2.45, 2.75) is 39.4 Å². The first-order valence-corrected chi connectivity index (χ1v) is 8.80. The fourth-order valence-corrected chi connectivity index (χ4v) is 3.29. The Bertz CT molecular complexity index is 650. The summed E-state index contributed by atoms with van der Waals surface area (Å²) in [5, 5.41) is 0. The van der Waals surface area contributed by atoms with E-state index in [2.05, 4.69) is 0 Å². The second-order valence-electron chi connectivity index (χ2n) is 7.10. The van der Waals surface area contributed by atoms with Crippen molar-refractivity contribution in [3.8, 4) is 0 Å². The molecule has 1 aliphatic heterocycles. The third kappa shape index (κ3) is 4.77. The molecule has 0 unspecified atom stereocenters. The van der Waals surface area contributed by atoms with Crippen molar-refractivity contribution in [2.75, 3.05) is 20.1 Å². The van der Waals surface area contributed by atoms with Crippen LogP contribution in [0.2, 0.25) is 0 Å². The van der Waals surface area contributed by atoms with Crippen molar-refractivity contribution in [3.63, 3.8) is 0 Å². The van der Waals surface area contributed by atoms with Gasteiger partial charge in [-0.15, -0.1) is 0 Å². The van der Waals surface area contributed by atoms with E-state index in [-0.39, 0.29) is 35.8 Å². The Hall–Kier alpha value is -2.05. The molecule has 0 atom stereocenters. The van der Waals surface area contributed by atoms with Gasteiger partial charge in [0.1, 0.15) is 0 Å². The first kappa shape index (κ1) is 20.3. The summed E-state index contributed by atoms with van der Waals surface area (Å²) in [7, 11) is 1.53. The van der Waals surface area contributed by atoms with Gasteiger partial charge >= 0.3 is 6.18 Å². The molecule has 1 aromatic rings. The maximum atomic E-state index is 13.1. The van der Waals surface area contributed by atoms with Gasteiger partial charge in [-0.3, -0.25) is 9.59 Å². The predicted octanol–water partition coefficient (Wildman–Crippen LogP) is 3.56. The number of alkyl halides is 3. The van der Waals surface area contributed by atoms with E-state index in [0.717, 1.165) is 6.07 Å². The molecule has 2 rings (SSSR count). The van der Waals surface area contributed by atoms with Gasteiger partial charge in [0.15, 0.2) is 0 Å². The summed E-state index contributed by atoms with van der Waals surface area (Å²) >= 11 is 0. The minimum Gasteiger partial charge on any atom is -0.342 e. The quantitative estimate of drug-likeness (QED) is 0.813. The van der Waals surface area contributed by atoms with E-state index in [4.69, 9.17) is 0 Å². The Morgan fingerprint density at radius 2 is 1.77 bits per heavy atom. The Labute approximate surface area is 152 Å². The van der Waals surface area contributed by atoms with Crippen LogP contribution in [0.3, 0.4) is 0 Å². The van der Waals surface area contributed by atoms with Crippen molar-refractivity contribution in [1.82, 2.24) is 9.80 Å². The molecule has 1 saturated heterocycles. The summed E-state index contributed by atoms with van der Waals surface area (Å²) in [6, 6.07) is 5.31. The fourth-order valence-electron chi connectivity index (χ4n) is 3.29. The summed E-state index contributed by atoms with van der Waals surface area (Å²) < 4.78 is 39.3. The van der Waals surface area contributed by atoms with E-state index in [1.807, 2.05) is 13.8 Å². The van der Waals surface area contributed by atoms with E-state index in [9.17, 15) is 22.8 Å². The lowest BCUT2D eigenvalue weighted by Gasteiger charge is -2.34. The van der Waals surface area contributed by atoms with Crippen LogP contribution in [0.1, 0.15) is 37.8 Å². The average Bonchev–Trinajstić information content (AvgIpc) is 2.60. The van der Waals surface area contributed by atoms with E-state index in [1.54, 1.807) is 11.0 Å². The smallest absolute Gasteiger partial charge is 0.342 e. The van der Waals surface area contributed by atoms with Crippen LogP contribution < -0.4 is 0 Å². The summed E-state index contributed by atoms with van der Waals surface area (Å²) in [6.45, 7) is 4.62. The monoisotopic (exact) mass is 370 g/mol. The van der Waals surface area contributed by atoms with Crippen molar-refractivity contribution in [3.05, 3.63) is 35.4 Å². The summed E-state index contributed by atoms with van der Waals surface area (Å²) in [5.41, 5.74) is -0.625. The summed E-state index contributed by atoms with van der Waals surface area (Å²) in [5.74, 6) is -0.431. The van der Waals surface area contributed by atoms with Gasteiger partial charge < -0.3 is 9.80 Å². The van der Waals surface area contributed by atoms with Gasteiger partial charge in [-0.05, 0) is 24.5 Å². The average molecular weight is 370 g/mol. The minimum atomic E-state index is -4.44. The molecule has 1 aliphatic rings. The molecule has 0 N–H and O–H groups in total. The normalized spacial score (nSPS) is 16.0. The molecule has 0 saturated carbocycles. The van der Waals surface area contributed by atoms with Crippen molar-refractivity contribution in [1.29, 1.82) is 0 Å². The highest BCUT2D eigenvalue weighted by Crippen LogP contribution is 2.32. The highest BCUT2D eigenvalue weighted by Gasteiger charge is 2.34. The van der Waals surface area contributed by atoms with E-state index >= 15 is 0 Å². The number of nitrogens with zero attached hydrogens (tertiary/aromatic N) is 2. The molecule has 0 aromatic heterocycles. The molecular formula is C19H25F3N2O2. The van der Waals surface area contributed by atoms with Crippen LogP contribution in [-0.4, -0.2) is 41.8 Å². The maximum absolute atomic E-state index is 13.1. The van der Waals surface area contributed by atoms with Gasteiger partial charge in [-0.2, -0.15) is 13.2 Å². The maximum Gasteiger partial charge on any atom is 0.416 e. The van der Waals surface area contributed by atoms with Crippen molar-refractivity contribution >= 4 is 11.8 Å². The lowest BCUT2D eigenvalue weighted by atomic mass is 9.94. The molecule has 2 amide bonds. The zero-order valence-electron chi connectivity index (χ0n) is 15.3. The number of hydrogen-bond donors (Lipinski definition) is 0. The van der Waals surface area contributed by atoms with Crippen LogP contribution in [0.5, 0.6) is 0 Å². The zero-order chi connectivity index (χ0) is 19.5. The van der Waals surface area contributed by atoms with Gasteiger partial charge in [0, 0.05) is 38.5 Å². The molecule has 0 spiro atoms. The highest BCUT2D eigenvalue weighted by atomic mass is 19.4. The fraction of sp³-hybridized carbons (Fsp3) is 0.579. The van der Waals surface area contributed by atoms with Gasteiger partial charge in [0.2, 0.25) is 11.8 Å². The zero-order valence-corrected chi connectivity index (χ0v) is 15.3. The van der Waals surface area contributed by atoms with Gasteiger partial charge in [0.05, 0.1) is 5.56 Å². The Morgan fingerprint density at radius 1 is 1.19 bits per heavy atom. The van der Waals surface area contributed by atoms with Crippen molar-refractivity contribution in [2.24, 2.45) is 11.8 Å². The molecule has 0 aliphatic carbocycles. The van der Waals surface area contributed by atoms with Crippen LogP contribution in [-0.2, 0) is 22.3 Å². The lowest BCUT2D eigenvalue weighted by molar-refractivity contribution is -0.142. The molecule has 26 heavy (non-hydrogen) atoms. The number of carbonyl (C=O) groups excluding carboxylic acids is 2. The number of halogens is 3. The number of likely N-dealkylation sites (tertiary alicyclic amines) is 1. The SMILES string of the molecule is CC(C)C(=O)N1CCC(C(=O)N(C)Cc2ccccc2C(F)(F)F)CC1. The molecule has 7 heteroatoms. The minimum absolute atomic E-state index is 0.0726. The summed E-state index contributed by atoms with van der Waals surface area (Å²) in [6.07, 6.45) is -3.35. The number of hydrogen-bond acceptors (Lipinski definition) is 2. The topological polar surface area (TPSA) is 40.6 Å². The number of amides is 2. The van der Waals surface area contributed by atoms with Crippen LogP contribution >= 0.6 is 0 Å². The third-order valence-corrected chi connectivity index (χ3v) is 4.76. The van der Waals surface area contributed by atoms with Crippen LogP contribution in [0.25, 0.3) is 0 Å². The standard InChI is InChI=1S/C19H25F3N2O2/c1-13(2)17(25)24-10-8-14(9-11-24)18(26)23(3)12-15-6-4-5-7-16(15)19(20,21)22/h4-7,13-14H,8-12H2,1-3H3. The molecule has 144 valence electrons. The van der Waals surface area contributed by atoms with Crippen LogP contribution in [0.15, 0.2) is 24.3 Å². The predicted molar refractivity (Wildman–Crippen MR) is 92.1 cm³/mol. The number of benzene rings is 1. The van der Waals surface area contributed by atoms with Crippen LogP contribution in [0, 0.1) is 11.8 Å². The van der Waals surface area contributed by atoms with Gasteiger partial charge in [0.25, 0.3) is 0 Å². The number of piperidine rings is 1. The molecule has 1 heterocycles. The lowest BCUT2D eigenvalue weighted by Crippen LogP contribution is -2.44. The number of carbonyl (C=O) groups is 2.